The van der Waals surface area contributed by atoms with Gasteiger partial charge in [0, 0.05) is 5.57 Å². The first-order chi connectivity index (χ1) is 22.3. The summed E-state index contributed by atoms with van der Waals surface area (Å²) in [6.45, 7) is 4.28. The van der Waals surface area contributed by atoms with Crippen LogP contribution in [0.3, 0.4) is 0 Å². The Labute approximate surface area is 311 Å². The van der Waals surface area contributed by atoms with Gasteiger partial charge in [0.15, 0.2) is 0 Å². The summed E-state index contributed by atoms with van der Waals surface area (Å²) < 4.78 is 65.2. The predicted molar refractivity (Wildman–Crippen MR) is 193 cm³/mol. The first-order valence-corrected chi connectivity index (χ1v) is 20.8. The fourth-order valence-electron chi connectivity index (χ4n) is 5.61. The SMILES string of the molecule is CCCCCCCCCCCCOS(=O)(=O)C(=C(c1ccccc1)c1ccccc1)S(=O)(=O)OCCCCCCCCCCCC.[H-].[Na+]. The van der Waals surface area contributed by atoms with Gasteiger partial charge in [0.05, 0.1) is 13.2 Å². The molecule has 0 spiro atoms. The quantitative estimate of drug-likeness (QED) is 0.0507. The third-order valence-electron chi connectivity index (χ3n) is 8.26. The van der Waals surface area contributed by atoms with Gasteiger partial charge < -0.3 is 1.43 Å². The van der Waals surface area contributed by atoms with E-state index in [9.17, 15) is 16.8 Å². The Morgan fingerprint density at radius 1 is 0.468 bits per heavy atom. The maximum atomic E-state index is 13.8. The van der Waals surface area contributed by atoms with Crippen molar-refractivity contribution in [3.8, 4) is 0 Å². The molecule has 262 valence electrons. The van der Waals surface area contributed by atoms with Gasteiger partial charge in [0.1, 0.15) is 0 Å². The Kier molecular flexibility index (Phi) is 25.1. The third-order valence-corrected chi connectivity index (χ3v) is 11.8. The molecule has 9 heteroatoms. The zero-order valence-electron chi connectivity index (χ0n) is 30.6. The van der Waals surface area contributed by atoms with Crippen molar-refractivity contribution < 1.29 is 56.2 Å². The van der Waals surface area contributed by atoms with E-state index in [2.05, 4.69) is 13.8 Å². The Morgan fingerprint density at radius 2 is 0.745 bits per heavy atom. The molecule has 47 heavy (non-hydrogen) atoms. The van der Waals surface area contributed by atoms with Gasteiger partial charge in [-0.1, -0.05) is 190 Å². The van der Waals surface area contributed by atoms with Crippen molar-refractivity contribution >= 4 is 25.8 Å². The zero-order valence-corrected chi connectivity index (χ0v) is 33.2. The van der Waals surface area contributed by atoms with Crippen LogP contribution in [0, 0.1) is 0 Å². The first kappa shape index (κ1) is 44.0. The summed E-state index contributed by atoms with van der Waals surface area (Å²) in [4.78, 5) is 0. The molecular formula is C38H61NaO6S2. The second-order valence-electron chi connectivity index (χ2n) is 12.3. The molecule has 0 saturated carbocycles. The summed E-state index contributed by atoms with van der Waals surface area (Å²) in [5.74, 6) is 0. The van der Waals surface area contributed by atoms with E-state index in [-0.39, 0.29) is 49.8 Å². The van der Waals surface area contributed by atoms with Gasteiger partial charge in [-0.15, -0.1) is 0 Å². The molecule has 2 aromatic rings. The Hall–Kier alpha value is -1.000. The van der Waals surface area contributed by atoms with Crippen molar-refractivity contribution in [1.82, 2.24) is 0 Å². The number of unbranched alkanes of at least 4 members (excludes halogenated alkanes) is 18. The van der Waals surface area contributed by atoms with E-state index in [0.717, 1.165) is 38.5 Å². The Balaban J connectivity index is 0.0000110. The molecule has 0 heterocycles. The Bertz CT molecular complexity index is 1200. The smallest absolute Gasteiger partial charge is 1.00 e. The van der Waals surface area contributed by atoms with Crippen LogP contribution in [0.15, 0.2) is 64.9 Å². The van der Waals surface area contributed by atoms with Gasteiger partial charge in [-0.3, -0.25) is 8.37 Å². The van der Waals surface area contributed by atoms with Gasteiger partial charge in [0.2, 0.25) is 4.24 Å². The number of hydrogen-bond donors (Lipinski definition) is 0. The van der Waals surface area contributed by atoms with Crippen molar-refractivity contribution in [3.05, 3.63) is 76.0 Å². The van der Waals surface area contributed by atoms with Crippen LogP contribution in [-0.2, 0) is 28.6 Å². The van der Waals surface area contributed by atoms with Crippen molar-refractivity contribution in [3.63, 3.8) is 0 Å². The average molecular weight is 701 g/mol. The maximum Gasteiger partial charge on any atom is 1.00 e. The summed E-state index contributed by atoms with van der Waals surface area (Å²) in [5.41, 5.74) is 0.981. The van der Waals surface area contributed by atoms with Crippen LogP contribution >= 0.6 is 0 Å². The maximum absolute atomic E-state index is 13.8. The van der Waals surface area contributed by atoms with Crippen LogP contribution in [0.5, 0.6) is 0 Å². The monoisotopic (exact) mass is 700 g/mol. The summed E-state index contributed by atoms with van der Waals surface area (Å²) >= 11 is 0. The topological polar surface area (TPSA) is 86.7 Å². The normalized spacial score (nSPS) is 11.7. The molecule has 0 atom stereocenters. The summed E-state index contributed by atoms with van der Waals surface area (Å²) in [5, 5.41) is 0. The predicted octanol–water partition coefficient (Wildman–Crippen LogP) is 8.05. The third kappa shape index (κ3) is 18.5. The van der Waals surface area contributed by atoms with E-state index >= 15 is 0 Å². The zero-order chi connectivity index (χ0) is 33.4. The second kappa shape index (κ2) is 26.8. The van der Waals surface area contributed by atoms with E-state index < -0.39 is 24.5 Å². The molecule has 0 fully saturated rings. The van der Waals surface area contributed by atoms with Crippen molar-refractivity contribution in [2.24, 2.45) is 0 Å². The molecule has 2 rings (SSSR count). The van der Waals surface area contributed by atoms with Crippen molar-refractivity contribution in [1.29, 1.82) is 0 Å². The molecule has 0 N–H and O–H groups in total. The molecule has 0 bridgehead atoms. The van der Waals surface area contributed by atoms with Gasteiger partial charge in [0.25, 0.3) is 0 Å². The molecular weight excluding hydrogens is 640 g/mol. The molecule has 0 aliphatic rings. The van der Waals surface area contributed by atoms with Crippen molar-refractivity contribution in [2.75, 3.05) is 13.2 Å². The average Bonchev–Trinajstić information content (AvgIpc) is 3.05. The van der Waals surface area contributed by atoms with E-state index in [4.69, 9.17) is 8.37 Å². The molecule has 0 amide bonds. The summed E-state index contributed by atoms with van der Waals surface area (Å²) in [6, 6.07) is 17.5. The minimum atomic E-state index is -4.68. The molecule has 0 radical (unpaired) electrons. The number of hydrogen-bond acceptors (Lipinski definition) is 6. The molecule has 6 nitrogen and oxygen atoms in total. The van der Waals surface area contributed by atoms with Gasteiger partial charge in [-0.25, -0.2) is 0 Å². The molecule has 0 unspecified atom stereocenters. The summed E-state index contributed by atoms with van der Waals surface area (Å²) in [7, 11) is -9.37. The van der Waals surface area contributed by atoms with E-state index in [1.54, 1.807) is 60.7 Å². The number of benzene rings is 2. The molecule has 0 aromatic heterocycles. The fourth-order valence-corrected chi connectivity index (χ4v) is 8.76. The van der Waals surface area contributed by atoms with Crippen LogP contribution < -0.4 is 29.6 Å². The minimum Gasteiger partial charge on any atom is -1.00 e. The fraction of sp³-hybridized carbons (Fsp3) is 0.632. The largest absolute Gasteiger partial charge is 1.00 e. The van der Waals surface area contributed by atoms with Crippen LogP contribution in [0.1, 0.15) is 155 Å². The van der Waals surface area contributed by atoms with Crippen LogP contribution in [0.2, 0.25) is 0 Å². The van der Waals surface area contributed by atoms with Crippen LogP contribution in [-0.4, -0.2) is 30.0 Å². The minimum absolute atomic E-state index is 0. The molecule has 0 aliphatic carbocycles. The van der Waals surface area contributed by atoms with Gasteiger partial charge in [-0.2, -0.15) is 16.8 Å². The molecule has 0 saturated heterocycles. The van der Waals surface area contributed by atoms with E-state index in [1.807, 2.05) is 0 Å². The first-order valence-electron chi connectivity index (χ1n) is 18.0. The summed E-state index contributed by atoms with van der Waals surface area (Å²) in [6.07, 6.45) is 22.0. The van der Waals surface area contributed by atoms with Crippen LogP contribution in [0.4, 0.5) is 0 Å². The Morgan fingerprint density at radius 3 is 1.04 bits per heavy atom. The molecule has 2 aromatic carbocycles. The van der Waals surface area contributed by atoms with Gasteiger partial charge in [-0.05, 0) is 24.0 Å². The van der Waals surface area contributed by atoms with E-state index in [1.165, 1.54) is 77.0 Å². The van der Waals surface area contributed by atoms with E-state index in [0.29, 0.717) is 24.0 Å². The molecule has 0 aliphatic heterocycles. The van der Waals surface area contributed by atoms with Crippen molar-refractivity contribution in [2.45, 2.75) is 142 Å². The standard InChI is InChI=1S/C38H60O6S2.Na.H/c1-3-5-7-9-11-13-15-17-19-27-33-43-45(39,40)38(37(35-29-23-21-24-30-35)36-31-25-22-26-32-36)46(41,42)44-34-28-20-18-16-14-12-10-8-6-4-2;;/h21-26,29-32H,3-20,27-28,33-34H2,1-2H3;;/q;+1;-1. The second-order valence-corrected chi connectivity index (χ2v) is 15.7. The number of rotatable bonds is 28. The van der Waals surface area contributed by atoms with Crippen LogP contribution in [0.25, 0.3) is 5.57 Å². The van der Waals surface area contributed by atoms with Gasteiger partial charge >= 0.3 is 49.8 Å².